The molecule has 0 spiro atoms. The second-order valence-corrected chi connectivity index (χ2v) is 6.73. The first-order valence-corrected chi connectivity index (χ1v) is 9.89. The van der Waals surface area contributed by atoms with Crippen LogP contribution in [0.2, 0.25) is 0 Å². The number of rotatable bonds is 6. The van der Waals surface area contributed by atoms with Crippen molar-refractivity contribution in [3.63, 3.8) is 0 Å². The molecule has 0 amide bonds. The van der Waals surface area contributed by atoms with E-state index in [1.807, 2.05) is 48.5 Å². The molecule has 2 aromatic carbocycles. The van der Waals surface area contributed by atoms with E-state index in [1.54, 1.807) is 0 Å². The highest BCUT2D eigenvalue weighted by Crippen LogP contribution is 2.11. The van der Waals surface area contributed by atoms with Crippen LogP contribution in [0.1, 0.15) is 61.8 Å². The van der Waals surface area contributed by atoms with Crippen LogP contribution in [0.4, 0.5) is 8.78 Å². The number of hydrogen-bond acceptors (Lipinski definition) is 0. The number of allylic oxidation sites excluding steroid dienone is 2. The molecule has 2 heteroatoms. The van der Waals surface area contributed by atoms with Gasteiger partial charge in [0.15, 0.2) is 0 Å². The van der Waals surface area contributed by atoms with Crippen LogP contribution in [0.5, 0.6) is 0 Å². The molecule has 0 fully saturated rings. The summed E-state index contributed by atoms with van der Waals surface area (Å²) >= 11 is 0. The minimum atomic E-state index is -1.14. The molecule has 0 aliphatic carbocycles. The Labute approximate surface area is 167 Å². The van der Waals surface area contributed by atoms with Gasteiger partial charge in [-0.25, -0.2) is 0 Å². The van der Waals surface area contributed by atoms with Crippen molar-refractivity contribution in [1.29, 1.82) is 0 Å². The van der Waals surface area contributed by atoms with Gasteiger partial charge in [-0.05, 0) is 66.5 Å². The number of hydrogen-bond donors (Lipinski definition) is 0. The molecule has 0 aromatic heterocycles. The summed E-state index contributed by atoms with van der Waals surface area (Å²) in [5.41, 5.74) is 3.74. The van der Waals surface area contributed by atoms with Crippen LogP contribution >= 0.6 is 0 Å². The van der Waals surface area contributed by atoms with Crippen molar-refractivity contribution in [2.75, 3.05) is 0 Å². The highest BCUT2D eigenvalue weighted by Gasteiger charge is 2.00. The zero-order valence-electron chi connectivity index (χ0n) is 16.6. The first-order chi connectivity index (χ1) is 13.6. The SMILES string of the molecule is CCCCCc1ccc(C#C/C(F)=C(\F)C#Cc2ccc(CCC)cc2)cc1. The van der Waals surface area contributed by atoms with Crippen LogP contribution in [-0.4, -0.2) is 0 Å². The summed E-state index contributed by atoms with van der Waals surface area (Å²) in [7, 11) is 0. The van der Waals surface area contributed by atoms with Gasteiger partial charge in [-0.15, -0.1) is 0 Å². The summed E-state index contributed by atoms with van der Waals surface area (Å²) in [5, 5.41) is 0. The van der Waals surface area contributed by atoms with Gasteiger partial charge < -0.3 is 0 Å². The molecular formula is C26H26F2. The minimum Gasteiger partial charge on any atom is -0.193 e. The Morgan fingerprint density at radius 1 is 0.643 bits per heavy atom. The Morgan fingerprint density at radius 2 is 1.11 bits per heavy atom. The lowest BCUT2D eigenvalue weighted by Gasteiger charge is -2.00. The monoisotopic (exact) mass is 376 g/mol. The maximum absolute atomic E-state index is 13.9. The van der Waals surface area contributed by atoms with Gasteiger partial charge in [0.05, 0.1) is 0 Å². The van der Waals surface area contributed by atoms with Gasteiger partial charge in [0.2, 0.25) is 11.7 Å². The summed E-state index contributed by atoms with van der Waals surface area (Å²) in [6.07, 6.45) is 6.64. The zero-order chi connectivity index (χ0) is 20.2. The smallest absolute Gasteiger partial charge is 0.193 e. The van der Waals surface area contributed by atoms with Gasteiger partial charge in [-0.3, -0.25) is 0 Å². The van der Waals surface area contributed by atoms with Crippen molar-refractivity contribution in [1.82, 2.24) is 0 Å². The third-order valence-corrected chi connectivity index (χ3v) is 4.34. The Bertz CT molecular complexity index is 895. The van der Waals surface area contributed by atoms with Crippen molar-refractivity contribution < 1.29 is 8.78 Å². The summed E-state index contributed by atoms with van der Waals surface area (Å²) in [6.45, 7) is 4.28. The Balaban J connectivity index is 2.01. The van der Waals surface area contributed by atoms with Crippen molar-refractivity contribution >= 4 is 0 Å². The molecule has 0 saturated carbocycles. The molecule has 28 heavy (non-hydrogen) atoms. The predicted octanol–water partition coefficient (Wildman–Crippen LogP) is 6.93. The quantitative estimate of drug-likeness (QED) is 0.379. The Morgan fingerprint density at radius 3 is 1.54 bits per heavy atom. The summed E-state index contributed by atoms with van der Waals surface area (Å²) in [4.78, 5) is 0. The minimum absolute atomic E-state index is 0.648. The molecule has 0 saturated heterocycles. The average molecular weight is 376 g/mol. The molecule has 0 unspecified atom stereocenters. The van der Waals surface area contributed by atoms with Gasteiger partial charge in [0.25, 0.3) is 0 Å². The molecule has 2 aromatic rings. The van der Waals surface area contributed by atoms with Crippen molar-refractivity contribution in [2.45, 2.75) is 52.4 Å². The standard InChI is InChI=1S/C26H26F2/c1-3-5-6-8-22-11-15-24(16-12-22)18-20-26(28)25(27)19-17-23-13-9-21(7-4-2)10-14-23/h9-16H,3-8H2,1-2H3/b26-25+. The molecule has 0 radical (unpaired) electrons. The van der Waals surface area contributed by atoms with Crippen LogP contribution in [0, 0.1) is 23.7 Å². The third kappa shape index (κ3) is 7.42. The number of halogens is 2. The molecular weight excluding hydrogens is 350 g/mol. The van der Waals surface area contributed by atoms with E-state index in [2.05, 4.69) is 37.5 Å². The largest absolute Gasteiger partial charge is 0.217 e. The predicted molar refractivity (Wildman–Crippen MR) is 113 cm³/mol. The fourth-order valence-corrected chi connectivity index (χ4v) is 2.74. The molecule has 0 heterocycles. The molecule has 144 valence electrons. The molecule has 0 atom stereocenters. The lowest BCUT2D eigenvalue weighted by molar-refractivity contribution is 0.584. The van der Waals surface area contributed by atoms with Gasteiger partial charge >= 0.3 is 0 Å². The first kappa shape index (κ1) is 21.5. The van der Waals surface area contributed by atoms with Crippen LogP contribution in [0.25, 0.3) is 0 Å². The van der Waals surface area contributed by atoms with E-state index in [4.69, 9.17) is 0 Å². The fourth-order valence-electron chi connectivity index (χ4n) is 2.74. The van der Waals surface area contributed by atoms with E-state index >= 15 is 0 Å². The van der Waals surface area contributed by atoms with Crippen LogP contribution in [0.3, 0.4) is 0 Å². The zero-order valence-corrected chi connectivity index (χ0v) is 16.6. The van der Waals surface area contributed by atoms with Crippen molar-refractivity contribution in [2.24, 2.45) is 0 Å². The van der Waals surface area contributed by atoms with Crippen LogP contribution in [0.15, 0.2) is 60.2 Å². The second kappa shape index (κ2) is 11.8. The normalized spacial score (nSPS) is 11.0. The van der Waals surface area contributed by atoms with Crippen LogP contribution in [-0.2, 0) is 12.8 Å². The first-order valence-electron chi connectivity index (χ1n) is 9.89. The molecule has 0 aliphatic heterocycles. The molecule has 0 nitrogen and oxygen atoms in total. The molecule has 0 bridgehead atoms. The van der Waals surface area contributed by atoms with E-state index in [-0.39, 0.29) is 0 Å². The van der Waals surface area contributed by atoms with E-state index in [9.17, 15) is 8.78 Å². The Kier molecular flexibility index (Phi) is 9.03. The second-order valence-electron chi connectivity index (χ2n) is 6.73. The highest BCUT2D eigenvalue weighted by molar-refractivity contribution is 5.45. The maximum atomic E-state index is 13.9. The third-order valence-electron chi connectivity index (χ3n) is 4.34. The summed E-state index contributed by atoms with van der Waals surface area (Å²) in [6, 6.07) is 15.2. The number of benzene rings is 2. The van der Waals surface area contributed by atoms with Crippen LogP contribution < -0.4 is 0 Å². The lowest BCUT2D eigenvalue weighted by atomic mass is 10.1. The van der Waals surface area contributed by atoms with Crippen molar-refractivity contribution in [3.8, 4) is 23.7 Å². The topological polar surface area (TPSA) is 0 Å². The van der Waals surface area contributed by atoms with E-state index in [0.29, 0.717) is 11.1 Å². The summed E-state index contributed by atoms with van der Waals surface area (Å²) in [5.74, 6) is 7.44. The summed E-state index contributed by atoms with van der Waals surface area (Å²) < 4.78 is 27.7. The van der Waals surface area contributed by atoms with E-state index in [0.717, 1.165) is 25.7 Å². The van der Waals surface area contributed by atoms with Gasteiger partial charge in [-0.1, -0.05) is 69.2 Å². The molecule has 0 N–H and O–H groups in total. The van der Waals surface area contributed by atoms with Gasteiger partial charge in [0, 0.05) is 11.1 Å². The Hall–Kier alpha value is -2.84. The van der Waals surface area contributed by atoms with E-state index in [1.165, 1.54) is 24.0 Å². The molecule has 0 aliphatic rings. The lowest BCUT2D eigenvalue weighted by Crippen LogP contribution is -1.85. The maximum Gasteiger partial charge on any atom is 0.217 e. The average Bonchev–Trinajstić information content (AvgIpc) is 2.72. The molecule has 2 rings (SSSR count). The van der Waals surface area contributed by atoms with E-state index < -0.39 is 11.7 Å². The highest BCUT2D eigenvalue weighted by atomic mass is 19.2. The fraction of sp³-hybridized carbons (Fsp3) is 0.308. The number of unbranched alkanes of at least 4 members (excludes halogenated alkanes) is 2. The van der Waals surface area contributed by atoms with Gasteiger partial charge in [-0.2, -0.15) is 8.78 Å². The van der Waals surface area contributed by atoms with Gasteiger partial charge in [0.1, 0.15) is 0 Å². The number of aryl methyl sites for hydroxylation is 2. The van der Waals surface area contributed by atoms with Crippen molar-refractivity contribution in [3.05, 3.63) is 82.4 Å².